The van der Waals surface area contributed by atoms with E-state index >= 15 is 0 Å². The minimum absolute atomic E-state index is 0.0536. The molecule has 1 saturated heterocycles. The van der Waals surface area contributed by atoms with E-state index in [0.29, 0.717) is 10.6 Å². The number of nitrogens with zero attached hydrogens (tertiary/aromatic N) is 4. The quantitative estimate of drug-likeness (QED) is 0.780. The number of rotatable bonds is 2. The lowest BCUT2D eigenvalue weighted by atomic mass is 10.3. The molecule has 1 aliphatic heterocycles. The van der Waals surface area contributed by atoms with Gasteiger partial charge in [0.25, 0.3) is 5.56 Å². The summed E-state index contributed by atoms with van der Waals surface area (Å²) in [6.45, 7) is 3.36. The number of nitrogens with one attached hydrogen (secondary N) is 1. The number of thiophene rings is 1. The lowest BCUT2D eigenvalue weighted by Crippen LogP contribution is -2.47. The zero-order valence-corrected chi connectivity index (χ0v) is 12.7. The van der Waals surface area contributed by atoms with Crippen molar-refractivity contribution in [1.82, 2.24) is 15.0 Å². The number of anilines is 2. The average molecular weight is 313 g/mol. The number of H-pyrrole nitrogens is 1. The predicted molar refractivity (Wildman–Crippen MR) is 88.9 cm³/mol. The van der Waals surface area contributed by atoms with Crippen molar-refractivity contribution in [2.45, 2.75) is 0 Å². The molecule has 1 aliphatic rings. The number of fused-ring (bicyclic) bond motifs is 1. The van der Waals surface area contributed by atoms with E-state index in [1.807, 2.05) is 35.8 Å². The number of aromatic nitrogens is 3. The normalized spacial score (nSPS) is 15.5. The Morgan fingerprint density at radius 3 is 2.68 bits per heavy atom. The van der Waals surface area contributed by atoms with Gasteiger partial charge in [-0.15, -0.1) is 11.3 Å². The highest BCUT2D eigenvalue weighted by atomic mass is 32.1. The third-order valence-corrected chi connectivity index (χ3v) is 4.76. The second-order valence-electron chi connectivity index (χ2n) is 5.19. The van der Waals surface area contributed by atoms with Crippen molar-refractivity contribution in [3.8, 4) is 0 Å². The van der Waals surface area contributed by atoms with Crippen molar-refractivity contribution < 1.29 is 0 Å². The van der Waals surface area contributed by atoms with Crippen LogP contribution in [0.4, 0.5) is 11.8 Å². The van der Waals surface area contributed by atoms with Crippen LogP contribution in [0.1, 0.15) is 0 Å². The molecule has 4 rings (SSSR count). The van der Waals surface area contributed by atoms with E-state index in [0.717, 1.165) is 37.5 Å². The Labute approximate surface area is 131 Å². The van der Waals surface area contributed by atoms with Crippen LogP contribution < -0.4 is 15.4 Å². The van der Waals surface area contributed by atoms with Crippen molar-refractivity contribution in [3.05, 3.63) is 46.2 Å². The van der Waals surface area contributed by atoms with Gasteiger partial charge in [0.15, 0.2) is 0 Å². The molecule has 112 valence electrons. The maximum atomic E-state index is 12.1. The minimum atomic E-state index is -0.0536. The van der Waals surface area contributed by atoms with Crippen LogP contribution in [-0.2, 0) is 0 Å². The molecule has 6 nitrogen and oxygen atoms in total. The second-order valence-corrected chi connectivity index (χ2v) is 6.10. The first-order valence-corrected chi connectivity index (χ1v) is 8.08. The summed E-state index contributed by atoms with van der Waals surface area (Å²) < 4.78 is 0.691. The molecule has 0 amide bonds. The molecule has 0 radical (unpaired) electrons. The van der Waals surface area contributed by atoms with Gasteiger partial charge in [-0.2, -0.15) is 0 Å². The van der Waals surface area contributed by atoms with Crippen LogP contribution in [0.3, 0.4) is 0 Å². The third kappa shape index (κ3) is 2.33. The summed E-state index contributed by atoms with van der Waals surface area (Å²) in [7, 11) is 0. The molecule has 1 N–H and O–H groups in total. The van der Waals surface area contributed by atoms with Gasteiger partial charge in [-0.3, -0.25) is 9.78 Å². The minimum Gasteiger partial charge on any atom is -0.353 e. The van der Waals surface area contributed by atoms with Crippen molar-refractivity contribution >= 4 is 33.3 Å². The van der Waals surface area contributed by atoms with Gasteiger partial charge in [0.05, 0.1) is 5.52 Å². The Hall–Kier alpha value is -2.41. The van der Waals surface area contributed by atoms with Gasteiger partial charge in [0.1, 0.15) is 10.5 Å². The van der Waals surface area contributed by atoms with E-state index in [-0.39, 0.29) is 5.56 Å². The van der Waals surface area contributed by atoms with Gasteiger partial charge in [-0.05, 0) is 23.6 Å². The summed E-state index contributed by atoms with van der Waals surface area (Å²) in [6, 6.07) is 7.83. The van der Waals surface area contributed by atoms with Crippen molar-refractivity contribution in [3.63, 3.8) is 0 Å². The van der Waals surface area contributed by atoms with E-state index in [1.54, 1.807) is 0 Å². The van der Waals surface area contributed by atoms with Crippen molar-refractivity contribution in [2.75, 3.05) is 36.0 Å². The smallest absolute Gasteiger partial charge is 0.270 e. The third-order valence-electron chi connectivity index (χ3n) is 3.85. The van der Waals surface area contributed by atoms with Crippen LogP contribution in [-0.4, -0.2) is 41.1 Å². The topological polar surface area (TPSA) is 65.1 Å². The summed E-state index contributed by atoms with van der Waals surface area (Å²) in [5.41, 5.74) is 0.720. The summed E-state index contributed by atoms with van der Waals surface area (Å²) in [5, 5.41) is 1.90. The largest absolute Gasteiger partial charge is 0.353 e. The maximum Gasteiger partial charge on any atom is 0.270 e. The second kappa shape index (κ2) is 5.42. The molecule has 0 unspecified atom stereocenters. The standard InChI is InChI=1S/C15H15N5OS/c21-14-13-11(4-10-22-13)17-15(18-14)20-8-6-19(7-9-20)12-3-1-2-5-16-12/h1-5,10H,6-9H2,(H,17,18,21). The molecule has 0 aliphatic carbocycles. The molecule has 0 bridgehead atoms. The fourth-order valence-corrected chi connectivity index (χ4v) is 3.42. The predicted octanol–water partition coefficient (Wildman–Crippen LogP) is 1.71. The number of hydrogen-bond donors (Lipinski definition) is 1. The Morgan fingerprint density at radius 1 is 1.09 bits per heavy atom. The van der Waals surface area contributed by atoms with Gasteiger partial charge in [-0.25, -0.2) is 9.97 Å². The Morgan fingerprint density at radius 2 is 1.91 bits per heavy atom. The molecule has 0 saturated carbocycles. The lowest BCUT2D eigenvalue weighted by Gasteiger charge is -2.35. The Kier molecular flexibility index (Phi) is 3.27. The van der Waals surface area contributed by atoms with Crippen LogP contribution >= 0.6 is 11.3 Å². The highest BCUT2D eigenvalue weighted by Crippen LogP contribution is 2.19. The molecule has 3 aromatic heterocycles. The van der Waals surface area contributed by atoms with Crippen LogP contribution in [0.5, 0.6) is 0 Å². The van der Waals surface area contributed by atoms with E-state index in [9.17, 15) is 4.79 Å². The SMILES string of the molecule is O=c1[nH]c(N2CCN(c3ccccn3)CC2)nc2ccsc12. The number of pyridine rings is 1. The summed E-state index contributed by atoms with van der Waals surface area (Å²) >= 11 is 1.43. The molecule has 7 heteroatoms. The molecule has 4 heterocycles. The van der Waals surface area contributed by atoms with E-state index in [1.165, 1.54) is 11.3 Å². The molecular weight excluding hydrogens is 298 g/mol. The molecule has 22 heavy (non-hydrogen) atoms. The fraction of sp³-hybridized carbons (Fsp3) is 0.267. The zero-order chi connectivity index (χ0) is 14.9. The monoisotopic (exact) mass is 313 g/mol. The number of hydrogen-bond acceptors (Lipinski definition) is 6. The summed E-state index contributed by atoms with van der Waals surface area (Å²) in [6.07, 6.45) is 1.81. The molecule has 0 aromatic carbocycles. The van der Waals surface area contributed by atoms with Gasteiger partial charge in [-0.1, -0.05) is 6.07 Å². The van der Waals surface area contributed by atoms with Gasteiger partial charge >= 0.3 is 0 Å². The van der Waals surface area contributed by atoms with E-state index in [4.69, 9.17) is 0 Å². The molecule has 0 atom stereocenters. The van der Waals surface area contributed by atoms with E-state index in [2.05, 4.69) is 24.8 Å². The Bertz CT molecular complexity index is 836. The Balaban J connectivity index is 1.54. The number of aromatic amines is 1. The molecule has 1 fully saturated rings. The van der Waals surface area contributed by atoms with Crippen LogP contribution in [0.15, 0.2) is 40.6 Å². The molecular formula is C15H15N5OS. The first-order chi connectivity index (χ1) is 10.8. The van der Waals surface area contributed by atoms with E-state index < -0.39 is 0 Å². The number of piperazine rings is 1. The van der Waals surface area contributed by atoms with Crippen LogP contribution in [0.2, 0.25) is 0 Å². The van der Waals surface area contributed by atoms with Gasteiger partial charge in [0, 0.05) is 32.4 Å². The highest BCUT2D eigenvalue weighted by Gasteiger charge is 2.20. The average Bonchev–Trinajstić information content (AvgIpc) is 3.05. The zero-order valence-electron chi connectivity index (χ0n) is 11.9. The van der Waals surface area contributed by atoms with Crippen molar-refractivity contribution in [1.29, 1.82) is 0 Å². The summed E-state index contributed by atoms with van der Waals surface area (Å²) in [4.78, 5) is 28.3. The van der Waals surface area contributed by atoms with Gasteiger partial charge < -0.3 is 9.80 Å². The van der Waals surface area contributed by atoms with Crippen LogP contribution in [0, 0.1) is 0 Å². The maximum absolute atomic E-state index is 12.1. The fourth-order valence-electron chi connectivity index (χ4n) is 2.70. The first-order valence-electron chi connectivity index (χ1n) is 7.20. The highest BCUT2D eigenvalue weighted by molar-refractivity contribution is 7.17. The lowest BCUT2D eigenvalue weighted by molar-refractivity contribution is 0.635. The summed E-state index contributed by atoms with van der Waals surface area (Å²) in [5.74, 6) is 1.66. The van der Waals surface area contributed by atoms with Gasteiger partial charge in [0.2, 0.25) is 5.95 Å². The molecule has 0 spiro atoms. The van der Waals surface area contributed by atoms with Crippen molar-refractivity contribution in [2.24, 2.45) is 0 Å². The first kappa shape index (κ1) is 13.3. The molecule has 3 aromatic rings. The van der Waals surface area contributed by atoms with Crippen LogP contribution in [0.25, 0.3) is 10.2 Å².